The van der Waals surface area contributed by atoms with Crippen molar-refractivity contribution in [2.75, 3.05) is 26.4 Å². The van der Waals surface area contributed by atoms with E-state index >= 15 is 0 Å². The summed E-state index contributed by atoms with van der Waals surface area (Å²) in [6, 6.07) is 10.0. The fourth-order valence-corrected chi connectivity index (χ4v) is 3.64. The average Bonchev–Trinajstić information content (AvgIpc) is 3.23. The first-order chi connectivity index (χ1) is 12.2. The summed E-state index contributed by atoms with van der Waals surface area (Å²) in [6.07, 6.45) is 1.83. The average molecular weight is 342 g/mol. The summed E-state index contributed by atoms with van der Waals surface area (Å²) >= 11 is 0. The molecule has 0 saturated carbocycles. The molecule has 25 heavy (non-hydrogen) atoms. The number of aromatic nitrogens is 2. The Bertz CT molecular complexity index is 733. The molecular weight excluding hydrogens is 320 g/mol. The van der Waals surface area contributed by atoms with Crippen molar-refractivity contribution >= 4 is 6.09 Å². The molecule has 7 heteroatoms. The highest BCUT2D eigenvalue weighted by atomic mass is 16.6. The fourth-order valence-electron chi connectivity index (χ4n) is 3.64. The van der Waals surface area contributed by atoms with E-state index < -0.39 is 0 Å². The summed E-state index contributed by atoms with van der Waals surface area (Å²) in [7, 11) is 0. The molecule has 3 heterocycles. The number of carbonyl (C=O) groups is 1. The van der Waals surface area contributed by atoms with Crippen molar-refractivity contribution in [1.29, 1.82) is 0 Å². The van der Waals surface area contributed by atoms with Crippen LogP contribution in [-0.2, 0) is 4.74 Å². The minimum absolute atomic E-state index is 0.0280. The minimum atomic E-state index is -0.246. The third-order valence-electron chi connectivity index (χ3n) is 4.91. The molecule has 0 radical (unpaired) electrons. The second-order valence-electron chi connectivity index (χ2n) is 6.71. The van der Waals surface area contributed by atoms with Crippen LogP contribution in [0.5, 0.6) is 0 Å². The normalized spacial score (nSPS) is 24.5. The van der Waals surface area contributed by atoms with Gasteiger partial charge in [-0.3, -0.25) is 9.80 Å². The van der Waals surface area contributed by atoms with Gasteiger partial charge in [-0.05, 0) is 31.9 Å². The van der Waals surface area contributed by atoms with Crippen molar-refractivity contribution in [3.63, 3.8) is 0 Å². The number of benzene rings is 1. The molecule has 132 valence electrons. The van der Waals surface area contributed by atoms with Gasteiger partial charge in [-0.25, -0.2) is 4.79 Å². The van der Waals surface area contributed by atoms with E-state index in [2.05, 4.69) is 15.0 Å². The van der Waals surface area contributed by atoms with Gasteiger partial charge in [0, 0.05) is 6.54 Å². The molecular formula is C18H22N4O3. The second-order valence-corrected chi connectivity index (χ2v) is 6.71. The van der Waals surface area contributed by atoms with Crippen LogP contribution < -0.4 is 0 Å². The molecule has 0 N–H and O–H groups in total. The number of nitrogens with zero attached hydrogens (tertiary/aromatic N) is 4. The van der Waals surface area contributed by atoms with Gasteiger partial charge in [-0.1, -0.05) is 35.5 Å². The zero-order chi connectivity index (χ0) is 17.2. The zero-order valence-corrected chi connectivity index (χ0v) is 14.3. The first-order valence-corrected chi connectivity index (χ1v) is 8.71. The van der Waals surface area contributed by atoms with E-state index in [1.807, 2.05) is 42.2 Å². The highest BCUT2D eigenvalue weighted by Gasteiger charge is 2.36. The zero-order valence-electron chi connectivity index (χ0n) is 14.3. The van der Waals surface area contributed by atoms with E-state index in [0.29, 0.717) is 25.0 Å². The smallest absolute Gasteiger partial charge is 0.411 e. The molecule has 7 nitrogen and oxygen atoms in total. The molecule has 2 atom stereocenters. The van der Waals surface area contributed by atoms with E-state index in [1.54, 1.807) is 0 Å². The van der Waals surface area contributed by atoms with Crippen LogP contribution in [0.1, 0.15) is 42.1 Å². The lowest BCUT2D eigenvalue weighted by Crippen LogP contribution is -2.44. The number of piperidine rings is 1. The minimum Gasteiger partial charge on any atom is -0.447 e. The molecule has 1 aromatic carbocycles. The Kier molecular flexibility index (Phi) is 4.40. The SMILES string of the molecule is Cc1noc(C2CCCN(CN3C(=O)OCC3c3ccccc3)C2)n1. The lowest BCUT2D eigenvalue weighted by molar-refractivity contribution is 0.0986. The predicted molar refractivity (Wildman–Crippen MR) is 89.8 cm³/mol. The van der Waals surface area contributed by atoms with Crippen LogP contribution >= 0.6 is 0 Å². The van der Waals surface area contributed by atoms with Crippen LogP contribution in [0.25, 0.3) is 0 Å². The summed E-state index contributed by atoms with van der Waals surface area (Å²) in [5, 5.41) is 3.89. The molecule has 4 rings (SSSR count). The molecule has 0 bridgehead atoms. The maximum absolute atomic E-state index is 12.2. The fraction of sp³-hybridized carbons (Fsp3) is 0.500. The molecule has 2 aromatic rings. The van der Waals surface area contributed by atoms with Crippen molar-refractivity contribution in [1.82, 2.24) is 19.9 Å². The quantitative estimate of drug-likeness (QED) is 0.851. The van der Waals surface area contributed by atoms with E-state index in [-0.39, 0.29) is 18.1 Å². The Morgan fingerprint density at radius 3 is 2.88 bits per heavy atom. The van der Waals surface area contributed by atoms with Crippen LogP contribution in [0.2, 0.25) is 0 Å². The third kappa shape index (κ3) is 3.37. The number of hydrogen-bond acceptors (Lipinski definition) is 6. The maximum atomic E-state index is 12.2. The van der Waals surface area contributed by atoms with Gasteiger partial charge in [-0.15, -0.1) is 0 Å². The first-order valence-electron chi connectivity index (χ1n) is 8.71. The van der Waals surface area contributed by atoms with Gasteiger partial charge in [0.25, 0.3) is 0 Å². The predicted octanol–water partition coefficient (Wildman–Crippen LogP) is 2.71. The molecule has 2 aliphatic rings. The molecule has 1 amide bonds. The Morgan fingerprint density at radius 1 is 1.28 bits per heavy atom. The van der Waals surface area contributed by atoms with E-state index in [0.717, 1.165) is 31.5 Å². The molecule has 2 fully saturated rings. The highest BCUT2D eigenvalue weighted by Crippen LogP contribution is 2.30. The summed E-state index contributed by atoms with van der Waals surface area (Å²) in [6.45, 7) is 4.56. The number of cyclic esters (lactones) is 1. The monoisotopic (exact) mass is 342 g/mol. The number of ether oxygens (including phenoxy) is 1. The number of aryl methyl sites for hydroxylation is 1. The summed E-state index contributed by atoms with van der Waals surface area (Å²) in [4.78, 5) is 20.7. The molecule has 0 aliphatic carbocycles. The van der Waals surface area contributed by atoms with Gasteiger partial charge >= 0.3 is 6.09 Å². The largest absolute Gasteiger partial charge is 0.447 e. The highest BCUT2D eigenvalue weighted by molar-refractivity contribution is 5.70. The van der Waals surface area contributed by atoms with Crippen molar-refractivity contribution < 1.29 is 14.1 Å². The summed E-state index contributed by atoms with van der Waals surface area (Å²) in [5.74, 6) is 1.59. The van der Waals surface area contributed by atoms with Crippen molar-refractivity contribution in [2.45, 2.75) is 31.7 Å². The van der Waals surface area contributed by atoms with Gasteiger partial charge in [0.05, 0.1) is 18.6 Å². The summed E-state index contributed by atoms with van der Waals surface area (Å²) < 4.78 is 10.6. The van der Waals surface area contributed by atoms with E-state index in [1.165, 1.54) is 0 Å². The van der Waals surface area contributed by atoms with Crippen molar-refractivity contribution in [3.05, 3.63) is 47.6 Å². The van der Waals surface area contributed by atoms with E-state index in [9.17, 15) is 4.79 Å². The number of hydrogen-bond donors (Lipinski definition) is 0. The molecule has 2 unspecified atom stereocenters. The Balaban J connectivity index is 1.45. The Morgan fingerprint density at radius 2 is 2.12 bits per heavy atom. The van der Waals surface area contributed by atoms with Crippen LogP contribution in [0.15, 0.2) is 34.9 Å². The first kappa shape index (κ1) is 16.1. The Hall–Kier alpha value is -2.41. The maximum Gasteiger partial charge on any atom is 0.411 e. The standard InChI is InChI=1S/C18H22N4O3/c1-13-19-17(25-20-13)15-8-5-9-21(10-15)12-22-16(11-24-18(22)23)14-6-3-2-4-7-14/h2-4,6-7,15-16H,5,8-12H2,1H3. The lowest BCUT2D eigenvalue weighted by Gasteiger charge is -2.34. The number of rotatable bonds is 4. The number of likely N-dealkylation sites (tertiary alicyclic amines) is 1. The van der Waals surface area contributed by atoms with Gasteiger partial charge in [0.15, 0.2) is 5.82 Å². The summed E-state index contributed by atoms with van der Waals surface area (Å²) in [5.41, 5.74) is 1.11. The van der Waals surface area contributed by atoms with Crippen molar-refractivity contribution in [2.24, 2.45) is 0 Å². The van der Waals surface area contributed by atoms with Crippen LogP contribution in [0.4, 0.5) is 4.79 Å². The van der Waals surface area contributed by atoms with Gasteiger partial charge in [0.2, 0.25) is 5.89 Å². The van der Waals surface area contributed by atoms with Crippen molar-refractivity contribution in [3.8, 4) is 0 Å². The Labute approximate surface area is 146 Å². The van der Waals surface area contributed by atoms with Gasteiger partial charge in [0.1, 0.15) is 6.61 Å². The molecule has 2 aliphatic heterocycles. The van der Waals surface area contributed by atoms with Crippen LogP contribution in [0, 0.1) is 6.92 Å². The van der Waals surface area contributed by atoms with E-state index in [4.69, 9.17) is 9.26 Å². The number of amides is 1. The van der Waals surface area contributed by atoms with Gasteiger partial charge in [-0.2, -0.15) is 4.98 Å². The van der Waals surface area contributed by atoms with Crippen LogP contribution in [0.3, 0.4) is 0 Å². The second kappa shape index (κ2) is 6.84. The van der Waals surface area contributed by atoms with Gasteiger partial charge < -0.3 is 9.26 Å². The van der Waals surface area contributed by atoms with Crippen LogP contribution in [-0.4, -0.2) is 52.4 Å². The molecule has 1 aromatic heterocycles. The third-order valence-corrected chi connectivity index (χ3v) is 4.91. The lowest BCUT2D eigenvalue weighted by atomic mass is 9.98. The molecule has 2 saturated heterocycles. The number of carbonyl (C=O) groups excluding carboxylic acids is 1. The topological polar surface area (TPSA) is 71.7 Å². The molecule has 0 spiro atoms.